The van der Waals surface area contributed by atoms with Crippen LogP contribution in [0.1, 0.15) is 32.1 Å². The Hall–Kier alpha value is -0.120. The van der Waals surface area contributed by atoms with Gasteiger partial charge in [0.2, 0.25) is 0 Å². The van der Waals surface area contributed by atoms with Gasteiger partial charge in [-0.1, -0.05) is 6.42 Å². The second-order valence-corrected chi connectivity index (χ2v) is 5.30. The molecule has 15 heavy (non-hydrogen) atoms. The molecule has 0 aromatic heterocycles. The van der Waals surface area contributed by atoms with Crippen LogP contribution in [0.4, 0.5) is 0 Å². The molecule has 0 aromatic rings. The summed E-state index contributed by atoms with van der Waals surface area (Å²) in [5.41, 5.74) is 6.13. The molecule has 3 nitrogen and oxygen atoms in total. The summed E-state index contributed by atoms with van der Waals surface area (Å²) in [6, 6.07) is 1.08. The number of hydrogen-bond donors (Lipinski definition) is 2. The van der Waals surface area contributed by atoms with E-state index in [0.717, 1.165) is 5.92 Å². The number of nitrogens with two attached hydrogens (primary N) is 1. The predicted octanol–water partition coefficient (Wildman–Crippen LogP) is 0.798. The van der Waals surface area contributed by atoms with E-state index in [9.17, 15) is 0 Å². The number of likely N-dealkylation sites (N-methyl/N-ethyl adjacent to an activating group) is 1. The average Bonchev–Trinajstić information content (AvgIpc) is 2.66. The van der Waals surface area contributed by atoms with E-state index in [1.807, 2.05) is 0 Å². The lowest BCUT2D eigenvalue weighted by Gasteiger charge is -2.33. The van der Waals surface area contributed by atoms with E-state index in [1.165, 1.54) is 51.7 Å². The normalized spacial score (nSPS) is 33.8. The summed E-state index contributed by atoms with van der Waals surface area (Å²) < 4.78 is 0. The zero-order valence-corrected chi connectivity index (χ0v) is 9.91. The van der Waals surface area contributed by atoms with Crippen molar-refractivity contribution in [2.24, 2.45) is 11.7 Å². The third kappa shape index (κ3) is 2.92. The van der Waals surface area contributed by atoms with Crippen LogP contribution >= 0.6 is 0 Å². The molecule has 0 aromatic carbocycles. The van der Waals surface area contributed by atoms with Crippen molar-refractivity contribution in [3.63, 3.8) is 0 Å². The van der Waals surface area contributed by atoms with E-state index >= 15 is 0 Å². The summed E-state index contributed by atoms with van der Waals surface area (Å²) in [7, 11) is 2.26. The van der Waals surface area contributed by atoms with E-state index in [2.05, 4.69) is 17.3 Å². The molecular weight excluding hydrogens is 186 g/mol. The summed E-state index contributed by atoms with van der Waals surface area (Å²) in [6.07, 6.45) is 6.53. The lowest BCUT2D eigenvalue weighted by Crippen LogP contribution is -2.45. The molecule has 2 fully saturated rings. The Bertz CT molecular complexity index is 189. The molecule has 2 aliphatic rings. The van der Waals surface area contributed by atoms with Gasteiger partial charge >= 0.3 is 0 Å². The first-order valence-electron chi connectivity index (χ1n) is 6.44. The average molecular weight is 211 g/mol. The largest absolute Gasteiger partial charge is 0.326 e. The van der Waals surface area contributed by atoms with Crippen LogP contribution in [0.2, 0.25) is 0 Å². The summed E-state index contributed by atoms with van der Waals surface area (Å²) in [4.78, 5) is 2.52. The molecule has 1 saturated heterocycles. The minimum Gasteiger partial charge on any atom is -0.326 e. The first-order valence-corrected chi connectivity index (χ1v) is 6.44. The van der Waals surface area contributed by atoms with E-state index < -0.39 is 0 Å². The van der Waals surface area contributed by atoms with Crippen molar-refractivity contribution in [2.75, 3.05) is 26.7 Å². The van der Waals surface area contributed by atoms with E-state index in [1.54, 1.807) is 0 Å². The van der Waals surface area contributed by atoms with Gasteiger partial charge in [0.25, 0.3) is 0 Å². The van der Waals surface area contributed by atoms with Gasteiger partial charge in [-0.05, 0) is 51.7 Å². The van der Waals surface area contributed by atoms with Crippen molar-refractivity contribution in [1.82, 2.24) is 10.2 Å². The number of piperidine rings is 1. The quantitative estimate of drug-likeness (QED) is 0.725. The lowest BCUT2D eigenvalue weighted by atomic mass is 9.96. The maximum atomic E-state index is 6.13. The summed E-state index contributed by atoms with van der Waals surface area (Å²) in [5, 5.41) is 3.42. The minimum absolute atomic E-state index is 0.428. The third-order valence-electron chi connectivity index (χ3n) is 4.10. The molecule has 1 saturated carbocycles. The number of nitrogens with one attached hydrogen (secondary N) is 1. The summed E-state index contributed by atoms with van der Waals surface area (Å²) in [6.45, 7) is 3.66. The van der Waals surface area contributed by atoms with E-state index in [-0.39, 0.29) is 0 Å². The Morgan fingerprint density at radius 3 is 2.53 bits per heavy atom. The molecule has 0 amide bonds. The molecule has 1 aliphatic carbocycles. The molecule has 0 spiro atoms. The van der Waals surface area contributed by atoms with Gasteiger partial charge in [-0.3, -0.25) is 0 Å². The highest BCUT2D eigenvalue weighted by atomic mass is 15.2. The van der Waals surface area contributed by atoms with Crippen LogP contribution in [0.3, 0.4) is 0 Å². The van der Waals surface area contributed by atoms with Gasteiger partial charge < -0.3 is 16.0 Å². The van der Waals surface area contributed by atoms with Crippen molar-refractivity contribution in [3.05, 3.63) is 0 Å². The fourth-order valence-corrected chi connectivity index (χ4v) is 3.12. The maximum absolute atomic E-state index is 6.13. The van der Waals surface area contributed by atoms with Crippen LogP contribution in [0.5, 0.6) is 0 Å². The van der Waals surface area contributed by atoms with Crippen LogP contribution in [0, 0.1) is 5.92 Å². The van der Waals surface area contributed by atoms with Gasteiger partial charge in [-0.15, -0.1) is 0 Å². The second kappa shape index (κ2) is 5.28. The van der Waals surface area contributed by atoms with E-state index in [4.69, 9.17) is 5.73 Å². The molecule has 88 valence electrons. The molecule has 0 bridgehead atoms. The van der Waals surface area contributed by atoms with Gasteiger partial charge in [0.15, 0.2) is 0 Å². The molecule has 0 unspecified atom stereocenters. The SMILES string of the molecule is CN(CC1CCNCC1)[C@@H]1CCC[C@@H]1N. The first-order chi connectivity index (χ1) is 7.27. The van der Waals surface area contributed by atoms with Crippen LogP contribution in [0.15, 0.2) is 0 Å². The predicted molar refractivity (Wildman–Crippen MR) is 63.8 cm³/mol. The van der Waals surface area contributed by atoms with Crippen LogP contribution in [-0.2, 0) is 0 Å². The third-order valence-corrected chi connectivity index (χ3v) is 4.10. The molecule has 1 heterocycles. The lowest BCUT2D eigenvalue weighted by molar-refractivity contribution is 0.177. The summed E-state index contributed by atoms with van der Waals surface area (Å²) >= 11 is 0. The highest BCUT2D eigenvalue weighted by molar-refractivity contribution is 4.87. The van der Waals surface area contributed by atoms with Crippen LogP contribution < -0.4 is 11.1 Å². The number of hydrogen-bond acceptors (Lipinski definition) is 3. The Kier molecular flexibility index (Phi) is 4.00. The zero-order valence-electron chi connectivity index (χ0n) is 9.91. The maximum Gasteiger partial charge on any atom is 0.0244 e. The number of rotatable bonds is 3. The zero-order chi connectivity index (χ0) is 10.7. The van der Waals surface area contributed by atoms with E-state index in [0.29, 0.717) is 12.1 Å². The van der Waals surface area contributed by atoms with Crippen molar-refractivity contribution < 1.29 is 0 Å². The van der Waals surface area contributed by atoms with Crippen molar-refractivity contribution in [1.29, 1.82) is 0 Å². The molecule has 2 rings (SSSR count). The molecular formula is C12H25N3. The molecule has 1 aliphatic heterocycles. The van der Waals surface area contributed by atoms with Gasteiger partial charge in [0, 0.05) is 18.6 Å². The second-order valence-electron chi connectivity index (χ2n) is 5.30. The standard InChI is InChI=1S/C12H25N3/c1-15(12-4-2-3-11(12)13)9-10-5-7-14-8-6-10/h10-12,14H,2-9,13H2,1H3/t11-,12+/m0/s1. The monoisotopic (exact) mass is 211 g/mol. The van der Waals surface area contributed by atoms with Crippen molar-refractivity contribution in [2.45, 2.75) is 44.2 Å². The van der Waals surface area contributed by atoms with Crippen molar-refractivity contribution >= 4 is 0 Å². The molecule has 3 heteroatoms. The highest BCUT2D eigenvalue weighted by Gasteiger charge is 2.28. The Morgan fingerprint density at radius 1 is 1.20 bits per heavy atom. The van der Waals surface area contributed by atoms with Gasteiger partial charge in [0.1, 0.15) is 0 Å². The van der Waals surface area contributed by atoms with Gasteiger partial charge in [-0.2, -0.15) is 0 Å². The van der Waals surface area contributed by atoms with Gasteiger partial charge in [0.05, 0.1) is 0 Å². The summed E-state index contributed by atoms with van der Waals surface area (Å²) in [5.74, 6) is 0.893. The fraction of sp³-hybridized carbons (Fsp3) is 1.00. The Morgan fingerprint density at radius 2 is 1.93 bits per heavy atom. The van der Waals surface area contributed by atoms with Crippen LogP contribution in [0.25, 0.3) is 0 Å². The van der Waals surface area contributed by atoms with Crippen molar-refractivity contribution in [3.8, 4) is 0 Å². The topological polar surface area (TPSA) is 41.3 Å². The first kappa shape index (κ1) is 11.4. The Balaban J connectivity index is 1.77. The molecule has 2 atom stereocenters. The fourth-order valence-electron chi connectivity index (χ4n) is 3.12. The number of nitrogens with zero attached hydrogens (tertiary/aromatic N) is 1. The van der Waals surface area contributed by atoms with Gasteiger partial charge in [-0.25, -0.2) is 0 Å². The Labute approximate surface area is 93.4 Å². The van der Waals surface area contributed by atoms with Crippen LogP contribution in [-0.4, -0.2) is 43.7 Å². The minimum atomic E-state index is 0.428. The molecule has 3 N–H and O–H groups in total. The highest BCUT2D eigenvalue weighted by Crippen LogP contribution is 2.23. The smallest absolute Gasteiger partial charge is 0.0244 e. The molecule has 0 radical (unpaired) electrons.